The molecule has 0 radical (unpaired) electrons. The zero-order valence-electron chi connectivity index (χ0n) is 12.9. The zero-order valence-corrected chi connectivity index (χ0v) is 12.9. The van der Waals surface area contributed by atoms with E-state index in [1.54, 1.807) is 0 Å². The monoisotopic (exact) mass is 282 g/mol. The molecule has 1 saturated carbocycles. The minimum Gasteiger partial charge on any atom is -0.271 e. The van der Waals surface area contributed by atoms with Crippen LogP contribution in [0.15, 0.2) is 42.5 Å². The third-order valence-corrected chi connectivity index (χ3v) is 5.28. The van der Waals surface area contributed by atoms with Crippen molar-refractivity contribution in [2.45, 2.75) is 45.1 Å². The maximum absolute atomic E-state index is 5.94. The minimum atomic E-state index is 0.272. The first-order valence-electron chi connectivity index (χ1n) is 8.27. The van der Waals surface area contributed by atoms with Crippen molar-refractivity contribution >= 4 is 10.8 Å². The van der Waals surface area contributed by atoms with Crippen LogP contribution in [-0.4, -0.2) is 0 Å². The molecule has 0 heterocycles. The average molecular weight is 282 g/mol. The van der Waals surface area contributed by atoms with Gasteiger partial charge in [-0.25, -0.2) is 0 Å². The highest BCUT2D eigenvalue weighted by atomic mass is 15.2. The van der Waals surface area contributed by atoms with E-state index in [1.807, 2.05) is 0 Å². The fourth-order valence-electron chi connectivity index (χ4n) is 3.93. The highest BCUT2D eigenvalue weighted by Gasteiger charge is 2.28. The SMILES string of the molecule is CCC1CCC(C(NN)c2cccc3ccccc23)CC1. The molecule has 3 rings (SSSR count). The maximum atomic E-state index is 5.94. The average Bonchev–Trinajstić information content (AvgIpc) is 2.56. The number of benzene rings is 2. The van der Waals surface area contributed by atoms with Gasteiger partial charge in [-0.05, 0) is 41.0 Å². The Morgan fingerprint density at radius 3 is 2.48 bits per heavy atom. The van der Waals surface area contributed by atoms with Gasteiger partial charge in [-0.15, -0.1) is 0 Å². The Kier molecular flexibility index (Phi) is 4.57. The molecule has 0 aliphatic heterocycles. The van der Waals surface area contributed by atoms with E-state index in [4.69, 9.17) is 5.84 Å². The Morgan fingerprint density at radius 1 is 1.05 bits per heavy atom. The first-order chi connectivity index (χ1) is 10.3. The van der Waals surface area contributed by atoms with E-state index in [9.17, 15) is 0 Å². The predicted octanol–water partition coefficient (Wildman–Crippen LogP) is 4.56. The number of fused-ring (bicyclic) bond motifs is 1. The van der Waals surface area contributed by atoms with E-state index >= 15 is 0 Å². The second-order valence-corrected chi connectivity index (χ2v) is 6.40. The number of hydrogen-bond donors (Lipinski definition) is 2. The van der Waals surface area contributed by atoms with Gasteiger partial charge in [-0.2, -0.15) is 0 Å². The Labute approximate surface area is 127 Å². The second kappa shape index (κ2) is 6.59. The molecule has 2 nitrogen and oxygen atoms in total. The molecule has 0 saturated heterocycles. The summed E-state index contributed by atoms with van der Waals surface area (Å²) >= 11 is 0. The van der Waals surface area contributed by atoms with Crippen LogP contribution in [0.25, 0.3) is 10.8 Å². The van der Waals surface area contributed by atoms with Gasteiger partial charge < -0.3 is 0 Å². The van der Waals surface area contributed by atoms with Crippen molar-refractivity contribution in [3.8, 4) is 0 Å². The van der Waals surface area contributed by atoms with Gasteiger partial charge in [0.15, 0.2) is 0 Å². The van der Waals surface area contributed by atoms with Crippen molar-refractivity contribution in [1.82, 2.24) is 5.43 Å². The number of nitrogens with two attached hydrogens (primary N) is 1. The Balaban J connectivity index is 1.88. The molecule has 112 valence electrons. The summed E-state index contributed by atoms with van der Waals surface area (Å²) in [6.07, 6.45) is 6.60. The van der Waals surface area contributed by atoms with Gasteiger partial charge in [0.2, 0.25) is 0 Å². The predicted molar refractivity (Wildman–Crippen MR) is 89.8 cm³/mol. The second-order valence-electron chi connectivity index (χ2n) is 6.40. The van der Waals surface area contributed by atoms with Crippen molar-refractivity contribution in [2.24, 2.45) is 17.7 Å². The Hall–Kier alpha value is -1.38. The summed E-state index contributed by atoms with van der Waals surface area (Å²) in [7, 11) is 0. The number of rotatable bonds is 4. The summed E-state index contributed by atoms with van der Waals surface area (Å²) in [4.78, 5) is 0. The molecule has 3 N–H and O–H groups in total. The standard InChI is InChI=1S/C19H26N2/c1-2-14-10-12-16(13-11-14)19(21-20)18-9-5-7-15-6-3-4-8-17(15)18/h3-9,14,16,19,21H,2,10-13,20H2,1H3. The number of hydrogen-bond acceptors (Lipinski definition) is 2. The van der Waals surface area contributed by atoms with Crippen molar-refractivity contribution in [3.63, 3.8) is 0 Å². The van der Waals surface area contributed by atoms with Crippen molar-refractivity contribution in [2.75, 3.05) is 0 Å². The van der Waals surface area contributed by atoms with Crippen molar-refractivity contribution < 1.29 is 0 Å². The van der Waals surface area contributed by atoms with Crippen molar-refractivity contribution in [1.29, 1.82) is 0 Å². The highest BCUT2D eigenvalue weighted by molar-refractivity contribution is 5.86. The van der Waals surface area contributed by atoms with Crippen LogP contribution in [0.3, 0.4) is 0 Å². The smallest absolute Gasteiger partial charge is 0.0494 e. The molecule has 1 aliphatic rings. The van der Waals surface area contributed by atoms with Crippen LogP contribution in [-0.2, 0) is 0 Å². The van der Waals surface area contributed by atoms with Crippen LogP contribution in [0.2, 0.25) is 0 Å². The maximum Gasteiger partial charge on any atom is 0.0494 e. The van der Waals surface area contributed by atoms with Crippen LogP contribution in [0.4, 0.5) is 0 Å². The quantitative estimate of drug-likeness (QED) is 0.637. The van der Waals surface area contributed by atoms with Crippen molar-refractivity contribution in [3.05, 3.63) is 48.0 Å². The topological polar surface area (TPSA) is 38.0 Å². The van der Waals surface area contributed by atoms with Crippen LogP contribution < -0.4 is 11.3 Å². The molecule has 0 bridgehead atoms. The molecule has 1 aliphatic carbocycles. The fraction of sp³-hybridized carbons (Fsp3) is 0.474. The Bertz CT molecular complexity index is 580. The lowest BCUT2D eigenvalue weighted by atomic mass is 9.75. The first kappa shape index (κ1) is 14.6. The van der Waals surface area contributed by atoms with Crippen LogP contribution in [0.5, 0.6) is 0 Å². The molecule has 21 heavy (non-hydrogen) atoms. The van der Waals surface area contributed by atoms with Crippen LogP contribution in [0.1, 0.15) is 50.6 Å². The molecule has 1 atom stereocenters. The molecule has 2 aromatic rings. The Morgan fingerprint density at radius 2 is 1.76 bits per heavy atom. The molecule has 1 fully saturated rings. The summed E-state index contributed by atoms with van der Waals surface area (Å²) < 4.78 is 0. The van der Waals surface area contributed by atoms with E-state index in [-0.39, 0.29) is 6.04 Å². The van der Waals surface area contributed by atoms with Gasteiger partial charge in [-0.3, -0.25) is 11.3 Å². The molecule has 0 spiro atoms. The molecule has 0 amide bonds. The summed E-state index contributed by atoms with van der Waals surface area (Å²) in [5.74, 6) is 7.52. The third kappa shape index (κ3) is 2.97. The summed E-state index contributed by atoms with van der Waals surface area (Å²) in [5.41, 5.74) is 4.47. The normalized spacial score (nSPS) is 24.1. The zero-order chi connectivity index (χ0) is 14.7. The first-order valence-corrected chi connectivity index (χ1v) is 8.27. The van der Waals surface area contributed by atoms with Gasteiger partial charge >= 0.3 is 0 Å². The fourth-order valence-corrected chi connectivity index (χ4v) is 3.93. The number of nitrogens with one attached hydrogen (secondary N) is 1. The number of hydrazine groups is 1. The van der Waals surface area contributed by atoms with Gasteiger partial charge in [-0.1, -0.05) is 68.7 Å². The van der Waals surface area contributed by atoms with E-state index in [1.165, 1.54) is 48.4 Å². The lowest BCUT2D eigenvalue weighted by molar-refractivity contribution is 0.220. The summed E-state index contributed by atoms with van der Waals surface area (Å²) in [5, 5.41) is 2.64. The lowest BCUT2D eigenvalue weighted by Gasteiger charge is -2.34. The summed E-state index contributed by atoms with van der Waals surface area (Å²) in [6.45, 7) is 2.31. The molecule has 0 aromatic heterocycles. The largest absolute Gasteiger partial charge is 0.271 e. The summed E-state index contributed by atoms with van der Waals surface area (Å²) in [6, 6.07) is 15.5. The highest BCUT2D eigenvalue weighted by Crippen LogP contribution is 2.39. The van der Waals surface area contributed by atoms with Crippen LogP contribution in [0, 0.1) is 11.8 Å². The van der Waals surface area contributed by atoms with Gasteiger partial charge in [0.25, 0.3) is 0 Å². The molecule has 1 unspecified atom stereocenters. The molecule has 2 heteroatoms. The van der Waals surface area contributed by atoms with E-state index < -0.39 is 0 Å². The van der Waals surface area contributed by atoms with Crippen LogP contribution >= 0.6 is 0 Å². The van der Waals surface area contributed by atoms with E-state index in [0.29, 0.717) is 5.92 Å². The molecular weight excluding hydrogens is 256 g/mol. The minimum absolute atomic E-state index is 0.272. The van der Waals surface area contributed by atoms with Gasteiger partial charge in [0, 0.05) is 6.04 Å². The molecule has 2 aromatic carbocycles. The van der Waals surface area contributed by atoms with Gasteiger partial charge in [0.1, 0.15) is 0 Å². The van der Waals surface area contributed by atoms with E-state index in [0.717, 1.165) is 5.92 Å². The third-order valence-electron chi connectivity index (χ3n) is 5.28. The molecular formula is C19H26N2. The van der Waals surface area contributed by atoms with Gasteiger partial charge in [0.05, 0.1) is 0 Å². The van der Waals surface area contributed by atoms with E-state index in [2.05, 4.69) is 54.8 Å². The lowest BCUT2D eigenvalue weighted by Crippen LogP contribution is -2.35.